The summed E-state index contributed by atoms with van der Waals surface area (Å²) in [6.45, 7) is 5.89. The predicted molar refractivity (Wildman–Crippen MR) is 106 cm³/mol. The summed E-state index contributed by atoms with van der Waals surface area (Å²) in [5.74, 6) is 0.194. The van der Waals surface area contributed by atoms with Gasteiger partial charge in [0.05, 0.1) is 5.60 Å². The van der Waals surface area contributed by atoms with Gasteiger partial charge in [0, 0.05) is 6.54 Å². The molecule has 1 aromatic carbocycles. The molecule has 3 aromatic rings. The molecular formula is C20H21F3N6O. The zero-order valence-corrected chi connectivity index (χ0v) is 16.7. The molecule has 0 unspecified atom stereocenters. The summed E-state index contributed by atoms with van der Waals surface area (Å²) in [5.41, 5.74) is 2.00. The minimum Gasteiger partial charge on any atom is -0.350 e. The van der Waals surface area contributed by atoms with Gasteiger partial charge in [-0.1, -0.05) is 36.4 Å². The number of hydrogen-bond acceptors (Lipinski definition) is 7. The van der Waals surface area contributed by atoms with Crippen molar-refractivity contribution in [3.05, 3.63) is 59.8 Å². The summed E-state index contributed by atoms with van der Waals surface area (Å²) in [6.07, 6.45) is -4.58. The van der Waals surface area contributed by atoms with Crippen molar-refractivity contribution in [1.29, 1.82) is 0 Å². The fourth-order valence-corrected chi connectivity index (χ4v) is 2.31. The van der Waals surface area contributed by atoms with E-state index >= 15 is 0 Å². The molecule has 0 aliphatic rings. The van der Waals surface area contributed by atoms with Gasteiger partial charge >= 0.3 is 6.18 Å². The number of anilines is 2. The maximum absolute atomic E-state index is 13.0. The minimum absolute atomic E-state index is 0.0216. The normalized spacial score (nSPS) is 11.9. The van der Waals surface area contributed by atoms with E-state index in [1.54, 1.807) is 0 Å². The van der Waals surface area contributed by atoms with Crippen molar-refractivity contribution in [2.24, 2.45) is 0 Å². The Morgan fingerprint density at radius 3 is 2.20 bits per heavy atom. The minimum atomic E-state index is -4.58. The topological polar surface area (TPSA) is 84.9 Å². The summed E-state index contributed by atoms with van der Waals surface area (Å²) in [4.78, 5) is 21.7. The van der Waals surface area contributed by atoms with Gasteiger partial charge in [-0.3, -0.25) is 4.84 Å². The van der Waals surface area contributed by atoms with E-state index in [1.165, 1.54) is 12.1 Å². The molecule has 158 valence electrons. The Morgan fingerprint density at radius 1 is 0.833 bits per heavy atom. The summed E-state index contributed by atoms with van der Waals surface area (Å²) < 4.78 is 39.1. The summed E-state index contributed by atoms with van der Waals surface area (Å²) in [7, 11) is 0. The van der Waals surface area contributed by atoms with Crippen LogP contribution in [0.1, 0.15) is 32.0 Å². The first kappa shape index (κ1) is 21.4. The molecule has 7 nitrogen and oxygen atoms in total. The molecule has 2 aromatic heterocycles. The molecule has 0 saturated carbocycles. The molecule has 2 heterocycles. The highest BCUT2D eigenvalue weighted by atomic mass is 19.4. The van der Waals surface area contributed by atoms with Gasteiger partial charge in [-0.15, -0.1) is 0 Å². The molecule has 0 amide bonds. The van der Waals surface area contributed by atoms with E-state index in [0.29, 0.717) is 6.54 Å². The van der Waals surface area contributed by atoms with E-state index in [2.05, 4.69) is 30.7 Å². The molecule has 30 heavy (non-hydrogen) atoms. The van der Waals surface area contributed by atoms with Crippen LogP contribution in [-0.4, -0.2) is 25.5 Å². The average Bonchev–Trinajstić information content (AvgIpc) is 2.70. The smallest absolute Gasteiger partial charge is 0.350 e. The highest BCUT2D eigenvalue weighted by Crippen LogP contribution is 2.29. The lowest BCUT2D eigenvalue weighted by atomic mass is 10.2. The van der Waals surface area contributed by atoms with Crippen molar-refractivity contribution in [1.82, 2.24) is 19.9 Å². The van der Waals surface area contributed by atoms with Crippen molar-refractivity contribution < 1.29 is 18.0 Å². The van der Waals surface area contributed by atoms with Crippen molar-refractivity contribution in [3.8, 4) is 11.5 Å². The second-order valence-corrected chi connectivity index (χ2v) is 7.37. The number of hydrogen-bond donors (Lipinski definition) is 2. The first-order chi connectivity index (χ1) is 14.1. The Bertz CT molecular complexity index is 990. The van der Waals surface area contributed by atoms with Crippen LogP contribution in [0.3, 0.4) is 0 Å². The Labute approximate surface area is 171 Å². The molecule has 2 N–H and O–H groups in total. The van der Waals surface area contributed by atoms with Crippen LogP contribution in [0.4, 0.5) is 25.1 Å². The summed E-state index contributed by atoms with van der Waals surface area (Å²) >= 11 is 0. The summed E-state index contributed by atoms with van der Waals surface area (Å²) in [5, 5.41) is 3.05. The highest BCUT2D eigenvalue weighted by Gasteiger charge is 2.32. The Morgan fingerprint density at radius 2 is 1.53 bits per heavy atom. The number of alkyl halides is 3. The molecule has 0 radical (unpaired) electrons. The fourth-order valence-electron chi connectivity index (χ4n) is 2.31. The van der Waals surface area contributed by atoms with Crippen LogP contribution in [-0.2, 0) is 17.6 Å². The number of benzene rings is 1. The zero-order valence-electron chi connectivity index (χ0n) is 16.7. The lowest BCUT2D eigenvalue weighted by Crippen LogP contribution is -2.24. The molecule has 0 fully saturated rings. The maximum Gasteiger partial charge on any atom is 0.433 e. The molecular weight excluding hydrogens is 397 g/mol. The molecule has 0 aliphatic carbocycles. The van der Waals surface area contributed by atoms with Crippen molar-refractivity contribution in [2.75, 3.05) is 10.8 Å². The van der Waals surface area contributed by atoms with E-state index in [4.69, 9.17) is 4.84 Å². The van der Waals surface area contributed by atoms with Gasteiger partial charge in [0.2, 0.25) is 5.95 Å². The third-order valence-corrected chi connectivity index (χ3v) is 3.65. The molecule has 10 heteroatoms. The molecule has 0 aliphatic heterocycles. The van der Waals surface area contributed by atoms with Crippen LogP contribution in [0.2, 0.25) is 0 Å². The standard InChI is InChI=1S/C20H21F3N6O/c1-19(2,3)30-29-18-27-16(14-10-7-11-15(25-14)20(21,22)23)26-17(28-18)24-12-13-8-5-4-6-9-13/h4-11H,12H2,1-3H3,(H2,24,26,27,28,29). The number of halogens is 3. The van der Waals surface area contributed by atoms with Gasteiger partial charge in [0.25, 0.3) is 5.95 Å². The number of nitrogens with one attached hydrogen (secondary N) is 2. The van der Waals surface area contributed by atoms with E-state index in [1.807, 2.05) is 51.1 Å². The van der Waals surface area contributed by atoms with E-state index in [9.17, 15) is 13.2 Å². The van der Waals surface area contributed by atoms with Crippen LogP contribution in [0.25, 0.3) is 11.5 Å². The van der Waals surface area contributed by atoms with E-state index < -0.39 is 17.5 Å². The van der Waals surface area contributed by atoms with Crippen LogP contribution < -0.4 is 10.8 Å². The molecule has 0 saturated heterocycles. The predicted octanol–water partition coefficient (Wildman–Crippen LogP) is 4.71. The quantitative estimate of drug-likeness (QED) is 0.561. The van der Waals surface area contributed by atoms with Crippen LogP contribution in [0, 0.1) is 0 Å². The zero-order chi connectivity index (χ0) is 21.8. The highest BCUT2D eigenvalue weighted by molar-refractivity contribution is 5.53. The van der Waals surface area contributed by atoms with Gasteiger partial charge in [0.15, 0.2) is 5.82 Å². The second-order valence-electron chi connectivity index (χ2n) is 7.37. The molecule has 0 spiro atoms. The third-order valence-electron chi connectivity index (χ3n) is 3.65. The largest absolute Gasteiger partial charge is 0.433 e. The maximum atomic E-state index is 13.0. The van der Waals surface area contributed by atoms with E-state index in [-0.39, 0.29) is 23.4 Å². The number of pyridine rings is 1. The first-order valence-electron chi connectivity index (χ1n) is 9.13. The molecule has 0 bridgehead atoms. The Hall–Kier alpha value is -3.27. The Kier molecular flexibility index (Phi) is 6.16. The van der Waals surface area contributed by atoms with Gasteiger partial charge in [-0.2, -0.15) is 28.1 Å². The second kappa shape index (κ2) is 8.62. The third kappa shape index (κ3) is 6.11. The van der Waals surface area contributed by atoms with Crippen LogP contribution in [0.5, 0.6) is 0 Å². The Balaban J connectivity index is 1.93. The first-order valence-corrected chi connectivity index (χ1v) is 9.13. The average molecular weight is 418 g/mol. The van der Waals surface area contributed by atoms with Crippen molar-refractivity contribution in [3.63, 3.8) is 0 Å². The van der Waals surface area contributed by atoms with E-state index in [0.717, 1.165) is 11.6 Å². The van der Waals surface area contributed by atoms with Crippen molar-refractivity contribution in [2.45, 2.75) is 39.1 Å². The molecule has 3 rings (SSSR count). The lowest BCUT2D eigenvalue weighted by Gasteiger charge is -2.19. The number of rotatable bonds is 6. The molecule has 0 atom stereocenters. The monoisotopic (exact) mass is 418 g/mol. The van der Waals surface area contributed by atoms with Gasteiger partial charge in [-0.25, -0.2) is 10.5 Å². The lowest BCUT2D eigenvalue weighted by molar-refractivity contribution is -0.141. The van der Waals surface area contributed by atoms with Gasteiger partial charge in [-0.05, 0) is 38.5 Å². The van der Waals surface area contributed by atoms with Crippen LogP contribution in [0.15, 0.2) is 48.5 Å². The van der Waals surface area contributed by atoms with Crippen molar-refractivity contribution >= 4 is 11.9 Å². The SMILES string of the molecule is CC(C)(C)ONc1nc(NCc2ccccc2)nc(-c2cccc(C(F)(F)F)n2)n1. The fraction of sp³-hybridized carbons (Fsp3) is 0.300. The number of nitrogens with zero attached hydrogens (tertiary/aromatic N) is 4. The number of aromatic nitrogens is 4. The van der Waals surface area contributed by atoms with Gasteiger partial charge in [0.1, 0.15) is 11.4 Å². The van der Waals surface area contributed by atoms with Crippen LogP contribution >= 0.6 is 0 Å². The summed E-state index contributed by atoms with van der Waals surface area (Å²) in [6, 6.07) is 13.1. The van der Waals surface area contributed by atoms with Gasteiger partial charge < -0.3 is 5.32 Å².